The molecule has 0 bridgehead atoms. The van der Waals surface area contributed by atoms with Crippen molar-refractivity contribution >= 4 is 23.0 Å². The number of rotatable bonds is 6. The number of hydrogen-bond acceptors (Lipinski definition) is 7. The number of hydrogen-bond donors (Lipinski definition) is 2. The third-order valence-electron chi connectivity index (χ3n) is 3.30. The van der Waals surface area contributed by atoms with Gasteiger partial charge < -0.3 is 10.6 Å². The Bertz CT molecular complexity index is 874. The van der Waals surface area contributed by atoms with Gasteiger partial charge in [0.05, 0.1) is 16.8 Å². The first-order valence-electron chi connectivity index (χ1n) is 7.28. The number of nitro groups is 1. The van der Waals surface area contributed by atoms with E-state index in [4.69, 9.17) is 0 Å². The van der Waals surface area contributed by atoms with Crippen molar-refractivity contribution in [2.75, 3.05) is 10.6 Å². The Hall–Kier alpha value is -3.62. The predicted molar refractivity (Wildman–Crippen MR) is 89.9 cm³/mol. The Morgan fingerprint density at radius 2 is 1.88 bits per heavy atom. The van der Waals surface area contributed by atoms with Crippen molar-refractivity contribution in [1.29, 1.82) is 0 Å². The Morgan fingerprint density at radius 3 is 2.56 bits per heavy atom. The van der Waals surface area contributed by atoms with E-state index in [9.17, 15) is 14.5 Å². The van der Waals surface area contributed by atoms with E-state index in [1.807, 2.05) is 0 Å². The highest BCUT2D eigenvalue weighted by Crippen LogP contribution is 2.31. The van der Waals surface area contributed by atoms with E-state index >= 15 is 0 Å². The molecule has 2 N–H and O–H groups in total. The van der Waals surface area contributed by atoms with Crippen molar-refractivity contribution in [2.45, 2.75) is 6.54 Å². The molecule has 9 heteroatoms. The van der Waals surface area contributed by atoms with Crippen LogP contribution in [0.15, 0.2) is 55.1 Å². The van der Waals surface area contributed by atoms with Crippen LogP contribution < -0.4 is 10.6 Å². The fraction of sp³-hybridized carbons (Fsp3) is 0.0625. The van der Waals surface area contributed by atoms with Gasteiger partial charge in [-0.1, -0.05) is 12.1 Å². The lowest BCUT2D eigenvalue weighted by atomic mass is 10.2. The first-order valence-corrected chi connectivity index (χ1v) is 7.28. The highest BCUT2D eigenvalue weighted by Gasteiger charge is 2.23. The molecule has 0 atom stereocenters. The first-order chi connectivity index (χ1) is 12.1. The lowest BCUT2D eigenvalue weighted by Crippen LogP contribution is -2.08. The lowest BCUT2D eigenvalue weighted by molar-refractivity contribution is -0.383. The molecule has 126 valence electrons. The maximum absolute atomic E-state index is 12.9. The highest BCUT2D eigenvalue weighted by molar-refractivity contribution is 5.73. The quantitative estimate of drug-likeness (QED) is 0.524. The van der Waals surface area contributed by atoms with Crippen LogP contribution in [-0.2, 0) is 6.54 Å². The number of nitrogens with zero attached hydrogens (tertiary/aromatic N) is 4. The Labute approximate surface area is 141 Å². The third-order valence-corrected chi connectivity index (χ3v) is 3.30. The van der Waals surface area contributed by atoms with Crippen molar-refractivity contribution in [3.05, 3.63) is 76.6 Å². The second-order valence-corrected chi connectivity index (χ2v) is 5.02. The van der Waals surface area contributed by atoms with Gasteiger partial charge >= 0.3 is 5.69 Å². The SMILES string of the molecule is O=[N+]([O-])c1c(NCc2ccc(F)cc2)ncnc1Nc1cccnc1. The van der Waals surface area contributed by atoms with Crippen LogP contribution in [0.5, 0.6) is 0 Å². The van der Waals surface area contributed by atoms with Gasteiger partial charge in [-0.2, -0.15) is 0 Å². The molecule has 0 aliphatic rings. The molecule has 0 spiro atoms. The van der Waals surface area contributed by atoms with Crippen molar-refractivity contribution < 1.29 is 9.31 Å². The summed E-state index contributed by atoms with van der Waals surface area (Å²) in [6.07, 6.45) is 4.34. The Kier molecular flexibility index (Phi) is 4.74. The van der Waals surface area contributed by atoms with Gasteiger partial charge in [0.1, 0.15) is 12.1 Å². The van der Waals surface area contributed by atoms with Gasteiger partial charge in [-0.25, -0.2) is 14.4 Å². The molecular formula is C16H13FN6O2. The van der Waals surface area contributed by atoms with E-state index in [1.54, 1.807) is 30.5 Å². The summed E-state index contributed by atoms with van der Waals surface area (Å²) in [4.78, 5) is 22.7. The average molecular weight is 340 g/mol. The number of nitrogens with one attached hydrogen (secondary N) is 2. The molecule has 0 amide bonds. The van der Waals surface area contributed by atoms with Crippen molar-refractivity contribution in [3.63, 3.8) is 0 Å². The molecule has 0 saturated heterocycles. The second-order valence-electron chi connectivity index (χ2n) is 5.02. The summed E-state index contributed by atoms with van der Waals surface area (Å²) in [6.45, 7) is 0.254. The third kappa shape index (κ3) is 4.02. The van der Waals surface area contributed by atoms with Gasteiger partial charge in [0.2, 0.25) is 11.6 Å². The molecule has 8 nitrogen and oxygen atoms in total. The van der Waals surface area contributed by atoms with E-state index < -0.39 is 4.92 Å². The van der Waals surface area contributed by atoms with E-state index in [0.29, 0.717) is 5.69 Å². The molecule has 3 rings (SSSR count). The second kappa shape index (κ2) is 7.30. The van der Waals surface area contributed by atoms with Crippen LogP contribution in [0, 0.1) is 15.9 Å². The maximum Gasteiger partial charge on any atom is 0.353 e. The van der Waals surface area contributed by atoms with Gasteiger partial charge in [0.25, 0.3) is 0 Å². The zero-order valence-corrected chi connectivity index (χ0v) is 12.9. The van der Waals surface area contributed by atoms with Crippen LogP contribution in [0.25, 0.3) is 0 Å². The van der Waals surface area contributed by atoms with Crippen LogP contribution >= 0.6 is 0 Å². The van der Waals surface area contributed by atoms with Crippen LogP contribution in [0.2, 0.25) is 0 Å². The maximum atomic E-state index is 12.9. The van der Waals surface area contributed by atoms with Gasteiger partial charge in [-0.3, -0.25) is 15.1 Å². The van der Waals surface area contributed by atoms with E-state index in [1.165, 1.54) is 24.7 Å². The van der Waals surface area contributed by atoms with Crippen LogP contribution in [0.3, 0.4) is 0 Å². The Morgan fingerprint density at radius 1 is 1.12 bits per heavy atom. The molecule has 2 heterocycles. The summed E-state index contributed by atoms with van der Waals surface area (Å²) in [6, 6.07) is 9.23. The molecule has 1 aromatic carbocycles. The highest BCUT2D eigenvalue weighted by atomic mass is 19.1. The minimum Gasteiger partial charge on any atom is -0.360 e. The normalized spacial score (nSPS) is 10.3. The molecule has 0 aliphatic carbocycles. The number of pyridine rings is 1. The van der Waals surface area contributed by atoms with Crippen LogP contribution in [-0.4, -0.2) is 19.9 Å². The number of anilines is 3. The van der Waals surface area contributed by atoms with Crippen molar-refractivity contribution in [2.24, 2.45) is 0 Å². The molecule has 2 aromatic heterocycles. The van der Waals surface area contributed by atoms with E-state index in [-0.39, 0.29) is 29.7 Å². The molecule has 3 aromatic rings. The van der Waals surface area contributed by atoms with E-state index in [0.717, 1.165) is 5.56 Å². The first kappa shape index (κ1) is 16.2. The summed E-state index contributed by atoms with van der Waals surface area (Å²) in [5.41, 5.74) is 1.04. The van der Waals surface area contributed by atoms with E-state index in [2.05, 4.69) is 25.6 Å². The smallest absolute Gasteiger partial charge is 0.353 e. The zero-order valence-electron chi connectivity index (χ0n) is 12.9. The number of halogens is 1. The fourth-order valence-corrected chi connectivity index (χ4v) is 2.13. The van der Waals surface area contributed by atoms with Gasteiger partial charge in [-0.05, 0) is 29.8 Å². The van der Waals surface area contributed by atoms with Gasteiger partial charge in [0.15, 0.2) is 0 Å². The summed E-state index contributed by atoms with van der Waals surface area (Å²) < 4.78 is 12.9. The summed E-state index contributed by atoms with van der Waals surface area (Å²) >= 11 is 0. The predicted octanol–water partition coefficient (Wildman–Crippen LogP) is 3.27. The van der Waals surface area contributed by atoms with Gasteiger partial charge in [0, 0.05) is 12.7 Å². The van der Waals surface area contributed by atoms with Crippen LogP contribution in [0.4, 0.5) is 27.4 Å². The summed E-state index contributed by atoms with van der Waals surface area (Å²) in [5, 5.41) is 17.2. The summed E-state index contributed by atoms with van der Waals surface area (Å²) in [7, 11) is 0. The monoisotopic (exact) mass is 340 g/mol. The van der Waals surface area contributed by atoms with Crippen molar-refractivity contribution in [1.82, 2.24) is 15.0 Å². The van der Waals surface area contributed by atoms with Crippen molar-refractivity contribution in [3.8, 4) is 0 Å². The minimum absolute atomic E-state index is 0.0506. The number of benzene rings is 1. The molecular weight excluding hydrogens is 327 g/mol. The molecule has 0 unspecified atom stereocenters. The molecule has 0 saturated carbocycles. The molecule has 0 fully saturated rings. The lowest BCUT2D eigenvalue weighted by Gasteiger charge is -2.10. The Balaban J connectivity index is 1.84. The standard InChI is InChI=1S/C16H13FN6O2/c17-12-5-3-11(4-6-12)8-19-15-14(23(24)25)16(21-10-20-15)22-13-2-1-7-18-9-13/h1-7,9-10H,8H2,(H2,19,20,21,22). The fourth-order valence-electron chi connectivity index (χ4n) is 2.13. The largest absolute Gasteiger partial charge is 0.360 e. The van der Waals surface area contributed by atoms with Gasteiger partial charge in [-0.15, -0.1) is 0 Å². The molecule has 0 radical (unpaired) electrons. The zero-order chi connectivity index (χ0) is 17.6. The topological polar surface area (TPSA) is 106 Å². The molecule has 25 heavy (non-hydrogen) atoms. The summed E-state index contributed by atoms with van der Waals surface area (Å²) in [5.74, 6) is -0.231. The number of aromatic nitrogens is 3. The van der Waals surface area contributed by atoms with Crippen LogP contribution in [0.1, 0.15) is 5.56 Å². The minimum atomic E-state index is -0.564. The molecule has 0 aliphatic heterocycles. The average Bonchev–Trinajstić information content (AvgIpc) is 2.62.